The second-order valence-electron chi connectivity index (χ2n) is 11.9. The van der Waals surface area contributed by atoms with Crippen LogP contribution in [0.5, 0.6) is 11.8 Å². The fourth-order valence-corrected chi connectivity index (χ4v) is 8.24. The van der Waals surface area contributed by atoms with E-state index < -0.39 is 11.6 Å². The molecule has 2 bridgehead atoms. The largest absolute Gasteiger partial charge is 0.489 e. The highest BCUT2D eigenvalue weighted by molar-refractivity contribution is 7.23. The number of nitrogens with zero attached hydrogens (tertiary/aromatic N) is 5. The molecule has 0 aliphatic carbocycles. The van der Waals surface area contributed by atoms with Crippen LogP contribution < -0.4 is 20.1 Å². The van der Waals surface area contributed by atoms with E-state index in [4.69, 9.17) is 31.8 Å². The molecule has 12 heteroatoms. The van der Waals surface area contributed by atoms with Gasteiger partial charge in [0.05, 0.1) is 27.2 Å². The minimum atomic E-state index is -0.714. The van der Waals surface area contributed by atoms with Gasteiger partial charge in [-0.3, -0.25) is 0 Å². The number of benzene rings is 2. The lowest BCUT2D eigenvalue weighted by Crippen LogP contribution is -2.32. The van der Waals surface area contributed by atoms with E-state index in [1.54, 1.807) is 0 Å². The molecule has 1 fully saturated rings. The molecule has 2 unspecified atom stereocenters. The number of halogens is 3. The third kappa shape index (κ3) is 4.97. The molecular weight excluding hydrogens is 606 g/mol. The second-order valence-corrected chi connectivity index (χ2v) is 13.4. The highest BCUT2D eigenvalue weighted by Crippen LogP contribution is 2.50. The van der Waals surface area contributed by atoms with Crippen LogP contribution in [0.15, 0.2) is 12.1 Å². The first-order chi connectivity index (χ1) is 21.4. The maximum absolute atomic E-state index is 17.0. The van der Waals surface area contributed by atoms with Crippen molar-refractivity contribution in [2.75, 3.05) is 43.9 Å². The molecule has 0 amide bonds. The van der Waals surface area contributed by atoms with Gasteiger partial charge in [-0.1, -0.05) is 30.5 Å². The van der Waals surface area contributed by atoms with Gasteiger partial charge in [-0.05, 0) is 63.7 Å². The number of nitrogens with two attached hydrogens (primary N) is 1. The number of ether oxygens (including phenoxy) is 2. The van der Waals surface area contributed by atoms with E-state index in [1.165, 1.54) is 12.1 Å². The van der Waals surface area contributed by atoms with Crippen molar-refractivity contribution >= 4 is 54.7 Å². The van der Waals surface area contributed by atoms with Gasteiger partial charge in [-0.2, -0.15) is 15.2 Å². The Kier molecular flexibility index (Phi) is 7.85. The van der Waals surface area contributed by atoms with Crippen molar-refractivity contribution in [2.45, 2.75) is 63.5 Å². The maximum atomic E-state index is 17.0. The third-order valence-electron chi connectivity index (χ3n) is 9.23. The van der Waals surface area contributed by atoms with E-state index in [0.29, 0.717) is 30.4 Å². The van der Waals surface area contributed by atoms with Crippen LogP contribution in [0.25, 0.3) is 32.1 Å². The zero-order valence-corrected chi connectivity index (χ0v) is 26.0. The van der Waals surface area contributed by atoms with Crippen molar-refractivity contribution in [3.8, 4) is 29.0 Å². The average molecular weight is 639 g/mol. The summed E-state index contributed by atoms with van der Waals surface area (Å²) < 4.78 is 44.8. The van der Waals surface area contributed by atoms with Gasteiger partial charge in [-0.25, -0.2) is 8.78 Å². The number of rotatable bonds is 3. The quantitative estimate of drug-likeness (QED) is 0.250. The number of anilines is 2. The van der Waals surface area contributed by atoms with E-state index in [-0.39, 0.29) is 60.2 Å². The predicted octanol–water partition coefficient (Wildman–Crippen LogP) is 7.29. The lowest BCUT2D eigenvalue weighted by atomic mass is 9.96. The number of hydrogen-bond acceptors (Lipinski definition) is 9. The summed E-state index contributed by atoms with van der Waals surface area (Å²) in [6.45, 7) is 2.63. The average Bonchev–Trinajstić information content (AvgIpc) is 3.51. The summed E-state index contributed by atoms with van der Waals surface area (Å²) in [4.78, 5) is 14.0. The van der Waals surface area contributed by atoms with Crippen molar-refractivity contribution in [3.63, 3.8) is 0 Å². The third-order valence-corrected chi connectivity index (χ3v) is 10.6. The molecule has 3 aliphatic heterocycles. The molecule has 1 saturated heterocycles. The van der Waals surface area contributed by atoms with Gasteiger partial charge in [0.15, 0.2) is 11.6 Å². The number of fused-ring (bicyclic) bond motifs is 2. The molecular formula is C32H33ClF2N6O2S. The second kappa shape index (κ2) is 11.8. The van der Waals surface area contributed by atoms with Crippen molar-refractivity contribution < 1.29 is 18.3 Å². The fourth-order valence-electron chi connectivity index (χ4n) is 6.96. The lowest BCUT2D eigenvalue weighted by molar-refractivity contribution is 0.129. The summed E-state index contributed by atoms with van der Waals surface area (Å²) in [7, 11) is 2.15. The molecule has 5 heterocycles. The number of aromatic nitrogens is 2. The molecule has 0 radical (unpaired) electrons. The Hall–Kier alpha value is -3.46. The van der Waals surface area contributed by atoms with Gasteiger partial charge in [0.1, 0.15) is 40.9 Å². The van der Waals surface area contributed by atoms with Gasteiger partial charge in [0, 0.05) is 23.5 Å². The summed E-state index contributed by atoms with van der Waals surface area (Å²) in [5.41, 5.74) is 6.40. The number of nitrogen functional groups attached to an aromatic ring is 1. The van der Waals surface area contributed by atoms with E-state index in [0.717, 1.165) is 75.8 Å². The van der Waals surface area contributed by atoms with Crippen molar-refractivity contribution in [2.24, 2.45) is 0 Å². The highest BCUT2D eigenvalue weighted by atomic mass is 35.5. The SMILES string of the molecule is CN1CCCC1CC1CCCCCCN2CCOc3c(Cl)c(-c4ccc(F)c5sc(N)c(C#N)c45)c(F)c4nc(nc2c34)O1. The number of likely N-dealkylation sites (tertiary alicyclic amines) is 1. The summed E-state index contributed by atoms with van der Waals surface area (Å²) >= 11 is 7.93. The zero-order valence-electron chi connectivity index (χ0n) is 24.5. The minimum absolute atomic E-state index is 0.0132. The first kappa shape index (κ1) is 29.3. The Morgan fingerprint density at radius 2 is 1.93 bits per heavy atom. The molecule has 230 valence electrons. The minimum Gasteiger partial charge on any atom is -0.489 e. The highest BCUT2D eigenvalue weighted by Gasteiger charge is 2.33. The normalized spacial score (nSPS) is 21.0. The van der Waals surface area contributed by atoms with Crippen LogP contribution in [-0.2, 0) is 0 Å². The van der Waals surface area contributed by atoms with E-state index in [2.05, 4.69) is 27.9 Å². The van der Waals surface area contributed by atoms with Crippen LogP contribution in [0.4, 0.5) is 19.6 Å². The Morgan fingerprint density at radius 3 is 2.73 bits per heavy atom. The molecule has 0 spiro atoms. The van der Waals surface area contributed by atoms with E-state index in [1.807, 2.05) is 0 Å². The number of hydrogen-bond donors (Lipinski definition) is 1. The van der Waals surface area contributed by atoms with Crippen LogP contribution in [0, 0.1) is 23.0 Å². The van der Waals surface area contributed by atoms with E-state index >= 15 is 4.39 Å². The van der Waals surface area contributed by atoms with Crippen LogP contribution >= 0.6 is 22.9 Å². The first-order valence-corrected chi connectivity index (χ1v) is 16.4. The smallest absolute Gasteiger partial charge is 0.319 e. The molecule has 2 aromatic heterocycles. The standard InChI is InChI=1S/C32H33ClF2N6O2S/c1-40-11-6-7-17(40)15-18-8-4-2-3-5-12-41-13-14-42-28-24-27(38-32(43-18)39-31(24)41)26(35)23(25(28)33)19-9-10-21(34)29-22(19)20(16-36)30(37)44-29/h9-10,17-18H,2-8,11-15,37H2,1H3. The summed E-state index contributed by atoms with van der Waals surface area (Å²) in [5, 5.41) is 10.6. The van der Waals surface area contributed by atoms with Gasteiger partial charge >= 0.3 is 6.01 Å². The van der Waals surface area contributed by atoms with Crippen LogP contribution in [-0.4, -0.2) is 60.3 Å². The number of nitriles is 1. The Bertz CT molecular complexity index is 1810. The molecule has 3 aliphatic rings. The van der Waals surface area contributed by atoms with E-state index in [9.17, 15) is 9.65 Å². The maximum Gasteiger partial charge on any atom is 0.319 e. The van der Waals surface area contributed by atoms with Gasteiger partial charge in [-0.15, -0.1) is 11.3 Å². The first-order valence-electron chi connectivity index (χ1n) is 15.2. The molecule has 8 nitrogen and oxygen atoms in total. The molecule has 7 rings (SSSR count). The van der Waals surface area contributed by atoms with Crippen molar-refractivity contribution in [1.29, 1.82) is 5.26 Å². The zero-order chi connectivity index (χ0) is 30.5. The monoisotopic (exact) mass is 638 g/mol. The summed E-state index contributed by atoms with van der Waals surface area (Å²) in [6.07, 6.45) is 8.08. The Balaban J connectivity index is 1.45. The Labute approximate surface area is 263 Å². The van der Waals surface area contributed by atoms with Gasteiger partial charge in [0.2, 0.25) is 0 Å². The van der Waals surface area contributed by atoms with Crippen LogP contribution in [0.3, 0.4) is 0 Å². The molecule has 2 N–H and O–H groups in total. The van der Waals surface area contributed by atoms with Crippen molar-refractivity contribution in [1.82, 2.24) is 14.9 Å². The number of thiophene rings is 1. The molecule has 44 heavy (non-hydrogen) atoms. The summed E-state index contributed by atoms with van der Waals surface area (Å²) in [6, 6.07) is 5.25. The summed E-state index contributed by atoms with van der Waals surface area (Å²) in [5.74, 6) is -0.472. The molecule has 0 saturated carbocycles. The Morgan fingerprint density at radius 1 is 1.09 bits per heavy atom. The van der Waals surface area contributed by atoms with Crippen LogP contribution in [0.1, 0.15) is 56.9 Å². The fraction of sp³-hybridized carbons (Fsp3) is 0.469. The van der Waals surface area contributed by atoms with Gasteiger partial charge in [0.25, 0.3) is 0 Å². The van der Waals surface area contributed by atoms with Gasteiger partial charge < -0.3 is 25.0 Å². The van der Waals surface area contributed by atoms with Crippen molar-refractivity contribution in [3.05, 3.63) is 34.4 Å². The predicted molar refractivity (Wildman–Crippen MR) is 170 cm³/mol. The lowest BCUT2D eigenvalue weighted by Gasteiger charge is -2.27. The molecule has 2 atom stereocenters. The topological polar surface area (TPSA) is 101 Å². The molecule has 4 aromatic rings. The molecule has 2 aromatic carbocycles. The van der Waals surface area contributed by atoms with Crippen LogP contribution in [0.2, 0.25) is 5.02 Å².